The molecule has 1 aliphatic rings. The van der Waals surface area contributed by atoms with E-state index in [-0.39, 0.29) is 16.8 Å². The fourth-order valence-corrected chi connectivity index (χ4v) is 7.23. The number of thiazole rings is 1. The molecule has 1 amide bonds. The fraction of sp³-hybridized carbons (Fsp3) is 0.391. The molecule has 0 N–H and O–H groups in total. The number of sulfonamides is 1. The van der Waals surface area contributed by atoms with Gasteiger partial charge in [0.2, 0.25) is 10.0 Å². The Balaban J connectivity index is 1.60. The van der Waals surface area contributed by atoms with Gasteiger partial charge in [-0.3, -0.25) is 4.79 Å². The van der Waals surface area contributed by atoms with Crippen molar-refractivity contribution in [3.8, 4) is 0 Å². The quantitative estimate of drug-likeness (QED) is 0.451. The number of hydrogen-bond acceptors (Lipinski definition) is 4. The summed E-state index contributed by atoms with van der Waals surface area (Å²) >= 11 is 4.94. The lowest BCUT2D eigenvalue weighted by Gasteiger charge is -2.30. The van der Waals surface area contributed by atoms with Gasteiger partial charge in [0.15, 0.2) is 4.80 Å². The van der Waals surface area contributed by atoms with Crippen molar-refractivity contribution in [2.75, 3.05) is 7.05 Å². The first-order valence-electron chi connectivity index (χ1n) is 10.8. The Labute approximate surface area is 200 Å². The number of nitrogens with zero attached hydrogens (tertiary/aromatic N) is 3. The predicted octanol–water partition coefficient (Wildman–Crippen LogP) is 5.18. The zero-order valence-corrected chi connectivity index (χ0v) is 21.3. The van der Waals surface area contributed by atoms with E-state index in [0.29, 0.717) is 16.9 Å². The molecule has 0 saturated heterocycles. The van der Waals surface area contributed by atoms with Crippen LogP contribution in [0.15, 0.2) is 56.8 Å². The second kappa shape index (κ2) is 9.59. The molecule has 1 saturated carbocycles. The number of rotatable bonds is 5. The van der Waals surface area contributed by atoms with Crippen LogP contribution in [0.3, 0.4) is 0 Å². The Hall–Kier alpha value is -1.81. The van der Waals surface area contributed by atoms with Gasteiger partial charge in [-0.2, -0.15) is 9.30 Å². The number of halogens is 1. The average molecular weight is 537 g/mol. The van der Waals surface area contributed by atoms with Gasteiger partial charge in [-0.25, -0.2) is 8.42 Å². The molecule has 6 nitrogen and oxygen atoms in total. The van der Waals surface area contributed by atoms with E-state index in [1.54, 1.807) is 19.2 Å². The molecule has 0 spiro atoms. The highest BCUT2D eigenvalue weighted by Crippen LogP contribution is 2.27. The maximum atomic E-state index is 13.0. The van der Waals surface area contributed by atoms with Crippen molar-refractivity contribution in [3.63, 3.8) is 0 Å². The average Bonchev–Trinajstić information content (AvgIpc) is 3.14. The second-order valence-electron chi connectivity index (χ2n) is 8.00. The van der Waals surface area contributed by atoms with Gasteiger partial charge < -0.3 is 4.57 Å². The molecule has 0 aliphatic heterocycles. The van der Waals surface area contributed by atoms with E-state index in [1.165, 1.54) is 34.2 Å². The Kier molecular flexibility index (Phi) is 7.00. The Bertz CT molecular complexity index is 1300. The highest BCUT2D eigenvalue weighted by Gasteiger charge is 2.29. The van der Waals surface area contributed by atoms with E-state index in [9.17, 15) is 13.2 Å². The molecule has 4 rings (SSSR count). The van der Waals surface area contributed by atoms with Crippen molar-refractivity contribution >= 4 is 53.4 Å². The highest BCUT2D eigenvalue weighted by molar-refractivity contribution is 9.10. The van der Waals surface area contributed by atoms with Crippen LogP contribution in [0.1, 0.15) is 49.4 Å². The Morgan fingerprint density at radius 1 is 1.16 bits per heavy atom. The molecular formula is C23H26BrN3O3S2. The normalized spacial score (nSPS) is 16.2. The third-order valence-corrected chi connectivity index (χ3v) is 9.48. The van der Waals surface area contributed by atoms with Gasteiger partial charge in [-0.05, 0) is 62.2 Å². The van der Waals surface area contributed by atoms with Gasteiger partial charge in [-0.15, -0.1) is 0 Å². The van der Waals surface area contributed by atoms with Gasteiger partial charge in [0.25, 0.3) is 5.91 Å². The van der Waals surface area contributed by atoms with Crippen molar-refractivity contribution in [1.82, 2.24) is 8.87 Å². The molecular weight excluding hydrogens is 510 g/mol. The number of carbonyl (C=O) groups excluding carboxylic acids is 1. The maximum Gasteiger partial charge on any atom is 0.279 e. The minimum Gasteiger partial charge on any atom is -0.317 e. The van der Waals surface area contributed by atoms with Crippen molar-refractivity contribution < 1.29 is 13.2 Å². The SMILES string of the molecule is CCn1c(=NC(=O)c2ccc(S(=O)(=O)N(C)C3CCCCC3)cc2)sc2cc(Br)ccc21. The summed E-state index contributed by atoms with van der Waals surface area (Å²) in [6.45, 7) is 2.71. The molecule has 2 aromatic carbocycles. The molecule has 1 fully saturated rings. The summed E-state index contributed by atoms with van der Waals surface area (Å²) in [4.78, 5) is 18.0. The van der Waals surface area contributed by atoms with Crippen LogP contribution in [0.25, 0.3) is 10.2 Å². The van der Waals surface area contributed by atoms with Crippen molar-refractivity contribution in [2.45, 2.75) is 56.5 Å². The van der Waals surface area contributed by atoms with E-state index >= 15 is 0 Å². The number of carbonyl (C=O) groups is 1. The lowest BCUT2D eigenvalue weighted by Crippen LogP contribution is -2.38. The van der Waals surface area contributed by atoms with Crippen LogP contribution in [-0.2, 0) is 16.6 Å². The van der Waals surface area contributed by atoms with Crippen molar-refractivity contribution in [3.05, 3.63) is 57.3 Å². The summed E-state index contributed by atoms with van der Waals surface area (Å²) in [6.07, 6.45) is 5.08. The molecule has 32 heavy (non-hydrogen) atoms. The molecule has 0 radical (unpaired) electrons. The Morgan fingerprint density at radius 3 is 2.50 bits per heavy atom. The summed E-state index contributed by atoms with van der Waals surface area (Å²) in [6, 6.07) is 12.1. The van der Waals surface area contributed by atoms with Crippen molar-refractivity contribution in [1.29, 1.82) is 0 Å². The summed E-state index contributed by atoms with van der Waals surface area (Å²) in [5.41, 5.74) is 1.39. The predicted molar refractivity (Wildman–Crippen MR) is 131 cm³/mol. The molecule has 3 aromatic rings. The zero-order valence-electron chi connectivity index (χ0n) is 18.1. The first-order valence-corrected chi connectivity index (χ1v) is 13.8. The van der Waals surface area contributed by atoms with Gasteiger partial charge >= 0.3 is 0 Å². The molecule has 0 bridgehead atoms. The highest BCUT2D eigenvalue weighted by atomic mass is 79.9. The van der Waals surface area contributed by atoms with Crippen LogP contribution < -0.4 is 4.80 Å². The summed E-state index contributed by atoms with van der Waals surface area (Å²) in [5.74, 6) is -0.387. The van der Waals surface area contributed by atoms with Gasteiger partial charge in [0, 0.05) is 29.7 Å². The topological polar surface area (TPSA) is 71.7 Å². The first-order chi connectivity index (χ1) is 15.3. The number of hydrogen-bond donors (Lipinski definition) is 0. The zero-order chi connectivity index (χ0) is 22.9. The van der Waals surface area contributed by atoms with Gasteiger partial charge in [0.05, 0.1) is 15.1 Å². The third-order valence-electron chi connectivity index (χ3n) is 6.03. The van der Waals surface area contributed by atoms with Crippen LogP contribution in [0.2, 0.25) is 0 Å². The molecule has 0 unspecified atom stereocenters. The van der Waals surface area contributed by atoms with Crippen LogP contribution >= 0.6 is 27.3 Å². The van der Waals surface area contributed by atoms with Gasteiger partial charge in [-0.1, -0.05) is 46.5 Å². The molecule has 9 heteroatoms. The fourth-order valence-electron chi connectivity index (χ4n) is 4.17. The van der Waals surface area contributed by atoms with Crippen LogP contribution in [-0.4, -0.2) is 36.3 Å². The largest absolute Gasteiger partial charge is 0.317 e. The van der Waals surface area contributed by atoms with E-state index in [0.717, 1.165) is 40.4 Å². The number of aromatic nitrogens is 1. The monoisotopic (exact) mass is 535 g/mol. The Morgan fingerprint density at radius 2 is 1.84 bits per heavy atom. The van der Waals surface area contributed by atoms with Gasteiger partial charge in [0.1, 0.15) is 0 Å². The van der Waals surface area contributed by atoms with Crippen LogP contribution in [0, 0.1) is 0 Å². The summed E-state index contributed by atoms with van der Waals surface area (Å²) in [7, 11) is -1.93. The van der Waals surface area contributed by atoms with E-state index in [4.69, 9.17) is 0 Å². The molecule has 0 atom stereocenters. The molecule has 1 heterocycles. The second-order valence-corrected chi connectivity index (χ2v) is 11.9. The minimum absolute atomic E-state index is 0.0440. The molecule has 1 aliphatic carbocycles. The number of amides is 1. The lowest BCUT2D eigenvalue weighted by molar-refractivity contribution is 0.0997. The third kappa shape index (κ3) is 4.62. The smallest absolute Gasteiger partial charge is 0.279 e. The summed E-state index contributed by atoms with van der Waals surface area (Å²) < 4.78 is 31.6. The van der Waals surface area contributed by atoms with E-state index in [1.807, 2.05) is 29.7 Å². The number of aryl methyl sites for hydroxylation is 1. The van der Waals surface area contributed by atoms with E-state index in [2.05, 4.69) is 20.9 Å². The van der Waals surface area contributed by atoms with Crippen molar-refractivity contribution in [2.24, 2.45) is 4.99 Å². The van der Waals surface area contributed by atoms with Crippen LogP contribution in [0.5, 0.6) is 0 Å². The minimum atomic E-state index is -3.59. The number of benzene rings is 2. The maximum absolute atomic E-state index is 13.0. The van der Waals surface area contributed by atoms with Crippen LogP contribution in [0.4, 0.5) is 0 Å². The standard InChI is InChI=1S/C23H26BrN3O3S2/c1-3-27-20-14-11-17(24)15-21(20)31-23(27)25-22(28)16-9-12-19(13-10-16)32(29,30)26(2)18-7-5-4-6-8-18/h9-15,18H,3-8H2,1-2H3. The molecule has 170 valence electrons. The lowest BCUT2D eigenvalue weighted by atomic mass is 9.96. The summed E-state index contributed by atoms with van der Waals surface area (Å²) in [5, 5.41) is 0. The molecule has 1 aromatic heterocycles. The van der Waals surface area contributed by atoms with E-state index < -0.39 is 10.0 Å². The number of fused-ring (bicyclic) bond motifs is 1. The first kappa shape index (κ1) is 23.4.